The van der Waals surface area contributed by atoms with Gasteiger partial charge in [-0.3, -0.25) is 5.01 Å². The second-order valence-electron chi connectivity index (χ2n) is 4.72. The summed E-state index contributed by atoms with van der Waals surface area (Å²) in [6.45, 7) is 5.21. The van der Waals surface area contributed by atoms with Gasteiger partial charge in [0.05, 0.1) is 10.2 Å². The van der Waals surface area contributed by atoms with Crippen LogP contribution in [0.15, 0.2) is 18.2 Å². The molecule has 0 unspecified atom stereocenters. The molecule has 0 bridgehead atoms. The summed E-state index contributed by atoms with van der Waals surface area (Å²) in [7, 11) is 0. The van der Waals surface area contributed by atoms with Crippen molar-refractivity contribution in [2.45, 2.75) is 39.5 Å². The molecule has 4 heteroatoms. The molecule has 0 spiro atoms. The van der Waals surface area contributed by atoms with Gasteiger partial charge < -0.3 is 0 Å². The van der Waals surface area contributed by atoms with Crippen molar-refractivity contribution in [2.24, 2.45) is 5.84 Å². The van der Waals surface area contributed by atoms with Gasteiger partial charge in [-0.05, 0) is 31.0 Å². The van der Waals surface area contributed by atoms with Crippen molar-refractivity contribution in [1.82, 2.24) is 4.98 Å². The minimum Gasteiger partial charge on any atom is -0.286 e. The summed E-state index contributed by atoms with van der Waals surface area (Å²) in [6, 6.07) is 6.32. The molecule has 0 saturated carbocycles. The number of aromatic nitrogens is 1. The van der Waals surface area contributed by atoms with Crippen LogP contribution in [0, 0.1) is 6.92 Å². The normalized spacial score (nSPS) is 11.1. The van der Waals surface area contributed by atoms with Crippen LogP contribution in [0.3, 0.4) is 0 Å². The van der Waals surface area contributed by atoms with Crippen LogP contribution < -0.4 is 10.9 Å². The van der Waals surface area contributed by atoms with Crippen molar-refractivity contribution in [1.29, 1.82) is 0 Å². The smallest absolute Gasteiger partial charge is 0.200 e. The summed E-state index contributed by atoms with van der Waals surface area (Å²) in [4.78, 5) is 4.57. The van der Waals surface area contributed by atoms with Crippen LogP contribution in [0.4, 0.5) is 5.13 Å². The first-order valence-corrected chi connectivity index (χ1v) is 7.42. The molecule has 1 aromatic heterocycles. The first-order chi connectivity index (χ1) is 8.70. The monoisotopic (exact) mass is 263 g/mol. The number of hydrogen-bond acceptors (Lipinski definition) is 4. The number of unbranched alkanes of at least 4 members (excludes halogenated alkanes) is 3. The maximum atomic E-state index is 6.06. The highest BCUT2D eigenvalue weighted by Crippen LogP contribution is 2.28. The number of rotatable bonds is 6. The molecular formula is C14H21N3S. The van der Waals surface area contributed by atoms with Crippen LogP contribution in [0.1, 0.15) is 38.2 Å². The molecule has 0 aliphatic carbocycles. The summed E-state index contributed by atoms with van der Waals surface area (Å²) in [5, 5.41) is 2.71. The summed E-state index contributed by atoms with van der Waals surface area (Å²) in [5.41, 5.74) is 2.31. The van der Waals surface area contributed by atoms with Crippen LogP contribution >= 0.6 is 11.3 Å². The Kier molecular flexibility index (Phi) is 4.55. The lowest BCUT2D eigenvalue weighted by molar-refractivity contribution is 0.650. The molecule has 3 nitrogen and oxygen atoms in total. The highest BCUT2D eigenvalue weighted by atomic mass is 32.1. The van der Waals surface area contributed by atoms with Gasteiger partial charge in [-0.25, -0.2) is 10.8 Å². The molecule has 2 rings (SSSR count). The van der Waals surface area contributed by atoms with E-state index in [9.17, 15) is 0 Å². The molecule has 1 heterocycles. The number of hydrazine groups is 1. The Labute approximate surface area is 113 Å². The zero-order chi connectivity index (χ0) is 13.0. The van der Waals surface area contributed by atoms with Gasteiger partial charge in [0.2, 0.25) is 5.13 Å². The van der Waals surface area contributed by atoms with E-state index < -0.39 is 0 Å². The van der Waals surface area contributed by atoms with Crippen LogP contribution in [-0.2, 0) is 0 Å². The lowest BCUT2D eigenvalue weighted by Gasteiger charge is -2.14. The molecule has 98 valence electrons. The molecule has 18 heavy (non-hydrogen) atoms. The maximum absolute atomic E-state index is 6.06. The predicted molar refractivity (Wildman–Crippen MR) is 80.0 cm³/mol. The van der Waals surface area contributed by atoms with Crippen LogP contribution in [0.25, 0.3) is 10.2 Å². The van der Waals surface area contributed by atoms with Crippen molar-refractivity contribution in [3.05, 3.63) is 23.8 Å². The van der Waals surface area contributed by atoms with E-state index in [1.807, 2.05) is 0 Å². The molecule has 0 radical (unpaired) electrons. The number of aryl methyl sites for hydroxylation is 1. The summed E-state index contributed by atoms with van der Waals surface area (Å²) < 4.78 is 1.22. The first kappa shape index (κ1) is 13.3. The molecule has 1 aromatic carbocycles. The highest BCUT2D eigenvalue weighted by molar-refractivity contribution is 7.22. The van der Waals surface area contributed by atoms with Crippen molar-refractivity contribution < 1.29 is 0 Å². The van der Waals surface area contributed by atoms with Crippen LogP contribution in [0.5, 0.6) is 0 Å². The third kappa shape index (κ3) is 3.21. The first-order valence-electron chi connectivity index (χ1n) is 6.60. The van der Waals surface area contributed by atoms with Gasteiger partial charge in [-0.1, -0.05) is 43.6 Å². The zero-order valence-corrected chi connectivity index (χ0v) is 12.0. The number of anilines is 1. The van der Waals surface area contributed by atoms with E-state index in [1.54, 1.807) is 16.3 Å². The molecule has 0 aliphatic rings. The van der Waals surface area contributed by atoms with E-state index in [0.29, 0.717) is 0 Å². The van der Waals surface area contributed by atoms with Gasteiger partial charge in [0, 0.05) is 6.54 Å². The van der Waals surface area contributed by atoms with E-state index in [-0.39, 0.29) is 0 Å². The molecule has 0 fully saturated rings. The van der Waals surface area contributed by atoms with Crippen molar-refractivity contribution in [2.75, 3.05) is 11.6 Å². The lowest BCUT2D eigenvalue weighted by Crippen LogP contribution is -2.31. The largest absolute Gasteiger partial charge is 0.286 e. The Morgan fingerprint density at radius 3 is 2.89 bits per heavy atom. The van der Waals surface area contributed by atoms with Crippen molar-refractivity contribution in [3.63, 3.8) is 0 Å². The van der Waals surface area contributed by atoms with Crippen molar-refractivity contribution in [3.8, 4) is 0 Å². The van der Waals surface area contributed by atoms with E-state index >= 15 is 0 Å². The predicted octanol–water partition coefficient (Wildman–Crippen LogP) is 3.87. The molecular weight excluding hydrogens is 242 g/mol. The van der Waals surface area contributed by atoms with Gasteiger partial charge in [-0.2, -0.15) is 0 Å². The third-order valence-corrected chi connectivity index (χ3v) is 4.09. The Hall–Kier alpha value is -1.13. The second kappa shape index (κ2) is 6.16. The molecule has 0 aliphatic heterocycles. The number of nitrogens with two attached hydrogens (primary N) is 1. The van der Waals surface area contributed by atoms with Crippen molar-refractivity contribution >= 4 is 26.7 Å². The SMILES string of the molecule is CCCCCCN(N)c1nc2ccc(C)cc2s1. The minimum absolute atomic E-state index is 0.888. The Balaban J connectivity index is 2.01. The summed E-state index contributed by atoms with van der Waals surface area (Å²) in [5.74, 6) is 6.06. The minimum atomic E-state index is 0.888. The van der Waals surface area contributed by atoms with Crippen LogP contribution in [0.2, 0.25) is 0 Å². The van der Waals surface area contributed by atoms with Gasteiger partial charge in [0.15, 0.2) is 0 Å². The fraction of sp³-hybridized carbons (Fsp3) is 0.500. The van der Waals surface area contributed by atoms with Gasteiger partial charge >= 0.3 is 0 Å². The quantitative estimate of drug-likeness (QED) is 0.489. The summed E-state index contributed by atoms with van der Waals surface area (Å²) in [6.07, 6.45) is 4.92. The average molecular weight is 263 g/mol. The number of thiazole rings is 1. The topological polar surface area (TPSA) is 42.1 Å². The Bertz CT molecular complexity index is 507. The summed E-state index contributed by atoms with van der Waals surface area (Å²) >= 11 is 1.67. The van der Waals surface area contributed by atoms with E-state index in [0.717, 1.165) is 23.6 Å². The van der Waals surface area contributed by atoms with Gasteiger partial charge in [0.25, 0.3) is 0 Å². The highest BCUT2D eigenvalue weighted by Gasteiger charge is 2.08. The second-order valence-corrected chi connectivity index (χ2v) is 5.73. The van der Waals surface area contributed by atoms with E-state index in [4.69, 9.17) is 5.84 Å². The Morgan fingerprint density at radius 1 is 1.28 bits per heavy atom. The fourth-order valence-corrected chi connectivity index (χ4v) is 2.96. The standard InChI is InChI=1S/C14H21N3S/c1-3-4-5-6-9-17(15)14-16-12-8-7-11(2)10-13(12)18-14/h7-8,10H,3-6,9,15H2,1-2H3. The maximum Gasteiger partial charge on any atom is 0.200 e. The van der Waals surface area contributed by atoms with Gasteiger partial charge in [0.1, 0.15) is 0 Å². The molecule has 0 amide bonds. The number of fused-ring (bicyclic) bond motifs is 1. The van der Waals surface area contributed by atoms with E-state index in [2.05, 4.69) is 37.0 Å². The van der Waals surface area contributed by atoms with Gasteiger partial charge in [-0.15, -0.1) is 0 Å². The molecule has 2 aromatic rings. The fourth-order valence-electron chi connectivity index (χ4n) is 1.95. The molecule has 0 saturated heterocycles. The lowest BCUT2D eigenvalue weighted by atomic mass is 10.2. The molecule has 2 N–H and O–H groups in total. The number of hydrogen-bond donors (Lipinski definition) is 1. The molecule has 0 atom stereocenters. The van der Waals surface area contributed by atoms with Crippen LogP contribution in [-0.4, -0.2) is 11.5 Å². The Morgan fingerprint density at radius 2 is 2.11 bits per heavy atom. The number of benzene rings is 1. The zero-order valence-electron chi connectivity index (χ0n) is 11.1. The average Bonchev–Trinajstić information content (AvgIpc) is 2.77. The third-order valence-electron chi connectivity index (χ3n) is 3.03. The number of nitrogens with zero attached hydrogens (tertiary/aromatic N) is 2. The van der Waals surface area contributed by atoms with E-state index in [1.165, 1.54) is 29.5 Å².